The molecular weight excluding hydrogens is 386 g/mol. The number of nitrogens with two attached hydrogens (primary N) is 1. The highest BCUT2D eigenvalue weighted by Gasteiger charge is 2.24. The number of amides is 1. The lowest BCUT2D eigenvalue weighted by Gasteiger charge is -2.14. The quantitative estimate of drug-likeness (QED) is 0.531. The van der Waals surface area contributed by atoms with E-state index in [9.17, 15) is 23.1 Å². The lowest BCUT2D eigenvalue weighted by atomic mass is 10.1. The summed E-state index contributed by atoms with van der Waals surface area (Å²) >= 11 is 0. The molecule has 0 saturated heterocycles. The number of benzene rings is 1. The molecule has 5 N–H and O–H groups in total. The van der Waals surface area contributed by atoms with Crippen LogP contribution in [0, 0.1) is 13.8 Å². The van der Waals surface area contributed by atoms with Crippen molar-refractivity contribution >= 4 is 27.6 Å². The van der Waals surface area contributed by atoms with Crippen LogP contribution < -0.4 is 10.5 Å². The Balaban J connectivity index is 2.06. The molecule has 0 fully saturated rings. The van der Waals surface area contributed by atoms with E-state index in [1.807, 2.05) is 0 Å². The molecule has 10 heteroatoms. The van der Waals surface area contributed by atoms with Gasteiger partial charge in [-0.25, -0.2) is 18.4 Å². The number of primary sulfonamides is 1. The molecule has 1 aromatic heterocycles. The van der Waals surface area contributed by atoms with Crippen molar-refractivity contribution in [3.05, 3.63) is 46.8 Å². The monoisotopic (exact) mass is 409 g/mol. The van der Waals surface area contributed by atoms with Crippen molar-refractivity contribution in [1.29, 1.82) is 0 Å². The summed E-state index contributed by atoms with van der Waals surface area (Å²) in [6.07, 6.45) is -1.86. The molecule has 2 atom stereocenters. The number of carbonyl (C=O) groups is 2. The van der Waals surface area contributed by atoms with Crippen molar-refractivity contribution in [3.63, 3.8) is 0 Å². The smallest absolute Gasteiger partial charge is 0.355 e. The first-order chi connectivity index (χ1) is 12.9. The van der Waals surface area contributed by atoms with Gasteiger partial charge < -0.3 is 20.1 Å². The maximum Gasteiger partial charge on any atom is 0.355 e. The van der Waals surface area contributed by atoms with Crippen LogP contribution in [0.4, 0.5) is 5.69 Å². The van der Waals surface area contributed by atoms with Gasteiger partial charge in [0, 0.05) is 16.9 Å². The normalized spacial score (nSPS) is 13.6. The van der Waals surface area contributed by atoms with E-state index in [4.69, 9.17) is 9.88 Å². The van der Waals surface area contributed by atoms with Gasteiger partial charge in [-0.3, -0.25) is 4.79 Å². The van der Waals surface area contributed by atoms with Gasteiger partial charge >= 0.3 is 5.97 Å². The number of nitrogens with one attached hydrogen (secondary N) is 2. The van der Waals surface area contributed by atoms with E-state index in [0.29, 0.717) is 22.5 Å². The predicted octanol–water partition coefficient (Wildman–Crippen LogP) is 1.52. The number of carbonyl (C=O) groups excluding carboxylic acids is 2. The van der Waals surface area contributed by atoms with E-state index in [2.05, 4.69) is 10.3 Å². The van der Waals surface area contributed by atoms with Crippen molar-refractivity contribution in [3.8, 4) is 0 Å². The molecule has 0 spiro atoms. The van der Waals surface area contributed by atoms with Crippen molar-refractivity contribution in [2.24, 2.45) is 5.14 Å². The maximum atomic E-state index is 12.4. The molecule has 2 aromatic rings. The number of hydrogen-bond donors (Lipinski definition) is 4. The van der Waals surface area contributed by atoms with E-state index in [1.54, 1.807) is 20.8 Å². The molecule has 0 aliphatic heterocycles. The zero-order valence-electron chi connectivity index (χ0n) is 15.9. The second-order valence-electron chi connectivity index (χ2n) is 6.45. The van der Waals surface area contributed by atoms with Crippen molar-refractivity contribution in [1.82, 2.24) is 4.98 Å². The third kappa shape index (κ3) is 4.77. The number of aryl methyl sites for hydroxylation is 1. The Kier molecular flexibility index (Phi) is 6.27. The fraction of sp³-hybridized carbons (Fsp3) is 0.333. The van der Waals surface area contributed by atoms with Crippen LogP contribution in [-0.4, -0.2) is 36.5 Å². The van der Waals surface area contributed by atoms with Crippen LogP contribution >= 0.6 is 0 Å². The van der Waals surface area contributed by atoms with Crippen LogP contribution in [0.1, 0.15) is 47.3 Å². The number of H-pyrrole nitrogens is 1. The average molecular weight is 409 g/mol. The van der Waals surface area contributed by atoms with Gasteiger partial charge in [-0.1, -0.05) is 0 Å². The highest BCUT2D eigenvalue weighted by Crippen LogP contribution is 2.25. The fourth-order valence-electron chi connectivity index (χ4n) is 2.84. The largest absolute Gasteiger partial charge is 0.448 e. The zero-order valence-corrected chi connectivity index (χ0v) is 16.8. The summed E-state index contributed by atoms with van der Waals surface area (Å²) in [6, 6.07) is 5.26. The Bertz CT molecular complexity index is 993. The minimum absolute atomic E-state index is 0.0866. The van der Waals surface area contributed by atoms with E-state index in [0.717, 1.165) is 0 Å². The van der Waals surface area contributed by atoms with E-state index in [1.165, 1.54) is 31.2 Å². The number of sulfonamides is 1. The lowest BCUT2D eigenvalue weighted by molar-refractivity contribution is -0.123. The number of ether oxygens (including phenoxy) is 1. The Morgan fingerprint density at radius 3 is 2.21 bits per heavy atom. The molecule has 0 radical (unpaired) electrons. The highest BCUT2D eigenvalue weighted by molar-refractivity contribution is 7.89. The third-order valence-electron chi connectivity index (χ3n) is 4.22. The number of aliphatic hydroxyl groups is 1. The Hall–Kier alpha value is -2.69. The molecule has 1 amide bonds. The third-order valence-corrected chi connectivity index (χ3v) is 5.15. The number of aromatic amines is 1. The van der Waals surface area contributed by atoms with Crippen LogP contribution in [0.15, 0.2) is 29.2 Å². The van der Waals surface area contributed by atoms with Gasteiger partial charge in [0.1, 0.15) is 5.69 Å². The standard InChI is InChI=1S/C18H23N3O6S/c1-9-15(11(3)22)10(2)20-16(9)18(24)27-12(4)17(23)21-13-5-7-14(8-6-13)28(19,25)26/h5-8,11-12,20,22H,1-4H3,(H,21,23)(H2,19,25,26)/t11-,12-/m0/s1. The molecule has 0 unspecified atom stereocenters. The summed E-state index contributed by atoms with van der Waals surface area (Å²) in [5.41, 5.74) is 2.31. The number of hydrogen-bond acceptors (Lipinski definition) is 6. The predicted molar refractivity (Wildman–Crippen MR) is 102 cm³/mol. The molecule has 0 saturated carbocycles. The molecule has 2 rings (SSSR count). The molecule has 1 aromatic carbocycles. The highest BCUT2D eigenvalue weighted by atomic mass is 32.2. The van der Waals surface area contributed by atoms with Crippen molar-refractivity contribution in [2.75, 3.05) is 5.32 Å². The van der Waals surface area contributed by atoms with Gasteiger partial charge in [-0.05, 0) is 57.5 Å². The second kappa shape index (κ2) is 8.13. The van der Waals surface area contributed by atoms with Crippen LogP contribution in [0.5, 0.6) is 0 Å². The first-order valence-corrected chi connectivity index (χ1v) is 9.98. The van der Waals surface area contributed by atoms with E-state index >= 15 is 0 Å². The second-order valence-corrected chi connectivity index (χ2v) is 8.01. The van der Waals surface area contributed by atoms with Gasteiger partial charge in [-0.2, -0.15) is 0 Å². The fourth-order valence-corrected chi connectivity index (χ4v) is 3.36. The summed E-state index contributed by atoms with van der Waals surface area (Å²) in [6.45, 7) is 6.41. The molecule has 152 valence electrons. The number of aromatic nitrogens is 1. The summed E-state index contributed by atoms with van der Waals surface area (Å²) in [4.78, 5) is 27.4. The van der Waals surface area contributed by atoms with Gasteiger partial charge in [-0.15, -0.1) is 0 Å². The van der Waals surface area contributed by atoms with Crippen LogP contribution in [0.2, 0.25) is 0 Å². The maximum absolute atomic E-state index is 12.4. The van der Waals surface area contributed by atoms with Crippen LogP contribution in [-0.2, 0) is 19.6 Å². The van der Waals surface area contributed by atoms with Crippen molar-refractivity contribution in [2.45, 2.75) is 44.8 Å². The molecule has 1 heterocycles. The molecule has 28 heavy (non-hydrogen) atoms. The van der Waals surface area contributed by atoms with Crippen LogP contribution in [0.3, 0.4) is 0 Å². The Labute approximate surface area is 162 Å². The number of aliphatic hydroxyl groups excluding tert-OH is 1. The molecule has 9 nitrogen and oxygen atoms in total. The summed E-state index contributed by atoms with van der Waals surface area (Å²) in [7, 11) is -3.83. The molecule has 0 aliphatic rings. The van der Waals surface area contributed by atoms with Crippen LogP contribution in [0.25, 0.3) is 0 Å². The Morgan fingerprint density at radius 2 is 1.75 bits per heavy atom. The van der Waals surface area contributed by atoms with Gasteiger partial charge in [0.05, 0.1) is 11.0 Å². The van der Waals surface area contributed by atoms with Crippen molar-refractivity contribution < 1.29 is 27.9 Å². The SMILES string of the molecule is Cc1[nH]c(C(=O)O[C@@H](C)C(=O)Nc2ccc(S(N)(=O)=O)cc2)c(C)c1[C@H](C)O. The van der Waals surface area contributed by atoms with Gasteiger partial charge in [0.2, 0.25) is 10.0 Å². The summed E-state index contributed by atoms with van der Waals surface area (Å²) in [5, 5.41) is 17.3. The average Bonchev–Trinajstić information content (AvgIpc) is 2.89. The first kappa shape index (κ1) is 21.6. The lowest BCUT2D eigenvalue weighted by Crippen LogP contribution is -2.30. The number of rotatable bonds is 6. The summed E-state index contributed by atoms with van der Waals surface area (Å²) in [5.74, 6) is -1.31. The molecule has 0 aliphatic carbocycles. The number of esters is 1. The molecule has 0 bridgehead atoms. The Morgan fingerprint density at radius 1 is 1.18 bits per heavy atom. The van der Waals surface area contributed by atoms with E-state index in [-0.39, 0.29) is 10.6 Å². The van der Waals surface area contributed by atoms with Gasteiger partial charge in [0.15, 0.2) is 6.10 Å². The summed E-state index contributed by atoms with van der Waals surface area (Å²) < 4.78 is 27.7. The van der Waals surface area contributed by atoms with Gasteiger partial charge in [0.25, 0.3) is 5.91 Å². The molecular formula is C18H23N3O6S. The van der Waals surface area contributed by atoms with E-state index < -0.39 is 34.1 Å². The topological polar surface area (TPSA) is 152 Å². The minimum atomic E-state index is -3.83. The zero-order chi connectivity index (χ0) is 21.2. The first-order valence-electron chi connectivity index (χ1n) is 8.43. The number of anilines is 1. The minimum Gasteiger partial charge on any atom is -0.448 e.